The Morgan fingerprint density at radius 1 is 0.771 bits per heavy atom. The van der Waals surface area contributed by atoms with E-state index in [-0.39, 0.29) is 0 Å². The van der Waals surface area contributed by atoms with Gasteiger partial charge in [-0.15, -0.1) is 0 Å². The second-order valence-corrected chi connectivity index (χ2v) is 12.0. The lowest BCUT2D eigenvalue weighted by molar-refractivity contribution is 0.161. The Kier molecular flexibility index (Phi) is 6.86. The fourth-order valence-corrected chi connectivity index (χ4v) is 8.15. The van der Waals surface area contributed by atoms with Crippen LogP contribution < -0.4 is 4.74 Å². The zero-order valence-electron chi connectivity index (χ0n) is 19.7. The predicted molar refractivity (Wildman–Crippen MR) is 145 cm³/mol. The van der Waals surface area contributed by atoms with Crippen molar-refractivity contribution < 1.29 is 18.3 Å². The first-order valence-electron chi connectivity index (χ1n) is 11.7. The van der Waals surface area contributed by atoms with Gasteiger partial charge in [0.25, 0.3) is 0 Å². The van der Waals surface area contributed by atoms with Crippen LogP contribution in [-0.4, -0.2) is 13.2 Å². The van der Waals surface area contributed by atoms with Crippen LogP contribution in [0.15, 0.2) is 103 Å². The normalized spacial score (nSPS) is 14.7. The van der Waals surface area contributed by atoms with Gasteiger partial charge in [0.05, 0.1) is 13.2 Å². The third-order valence-corrected chi connectivity index (χ3v) is 9.72. The van der Waals surface area contributed by atoms with Crippen molar-refractivity contribution >= 4 is 33.9 Å². The van der Waals surface area contributed by atoms with Crippen molar-refractivity contribution in [3.8, 4) is 5.75 Å². The van der Waals surface area contributed by atoms with E-state index in [9.17, 15) is 4.57 Å². The quantitative estimate of drug-likeness (QED) is 0.226. The van der Waals surface area contributed by atoms with Crippen LogP contribution in [0, 0.1) is 0 Å². The van der Waals surface area contributed by atoms with E-state index in [0.29, 0.717) is 13.2 Å². The Balaban J connectivity index is 1.80. The molecule has 0 N–H and O–H groups in total. The average Bonchev–Trinajstić information content (AvgIpc) is 2.89. The monoisotopic (exact) mass is 502 g/mol. The molecule has 1 aliphatic heterocycles. The fourth-order valence-electron chi connectivity index (χ4n) is 4.47. The summed E-state index contributed by atoms with van der Waals surface area (Å²) in [5, 5.41) is 2.11. The maximum absolute atomic E-state index is 13.7. The molecule has 178 valence electrons. The van der Waals surface area contributed by atoms with E-state index in [0.717, 1.165) is 49.5 Å². The number of rotatable bonds is 8. The fraction of sp³-hybridized carbons (Fsp3) is 0.172. The Labute approximate surface area is 210 Å². The third kappa shape index (κ3) is 4.57. The summed E-state index contributed by atoms with van der Waals surface area (Å²) in [6.07, 6.45) is 2.07. The second kappa shape index (κ2) is 10.0. The van der Waals surface area contributed by atoms with E-state index in [1.54, 1.807) is 0 Å². The van der Waals surface area contributed by atoms with Gasteiger partial charge in [0.1, 0.15) is 5.75 Å². The minimum absolute atomic E-state index is 0.291. The number of ether oxygens (including phenoxy) is 1. The molecule has 0 atom stereocenters. The molecule has 4 aromatic carbocycles. The lowest BCUT2D eigenvalue weighted by Gasteiger charge is -2.38. The van der Waals surface area contributed by atoms with Gasteiger partial charge in [-0.2, -0.15) is 0 Å². The molecule has 0 aliphatic carbocycles. The largest absolute Gasteiger partial charge is 0.473 e. The molecule has 5 rings (SSSR count). The van der Waals surface area contributed by atoms with Gasteiger partial charge in [-0.1, -0.05) is 91.0 Å². The van der Waals surface area contributed by atoms with Gasteiger partial charge < -0.3 is 13.8 Å². The van der Waals surface area contributed by atoms with E-state index in [2.05, 4.69) is 48.5 Å². The second-order valence-electron chi connectivity index (χ2n) is 8.11. The first-order valence-corrected chi connectivity index (χ1v) is 14.7. The molecule has 0 amide bonds. The molecule has 0 aromatic heterocycles. The molecule has 4 aromatic rings. The van der Waals surface area contributed by atoms with Crippen molar-refractivity contribution in [3.05, 3.63) is 120 Å². The zero-order chi connectivity index (χ0) is 24.3. The SMILES string of the molecule is CCOP(=O)(OCC)SC1=CC(c2ccccc2)(c2ccccc2)Oc2ccc3ccccc3c21. The number of hydrogen-bond donors (Lipinski definition) is 0. The third-order valence-electron chi connectivity index (χ3n) is 5.93. The molecule has 0 spiro atoms. The Bertz CT molecular complexity index is 1350. The van der Waals surface area contributed by atoms with Gasteiger partial charge in [0.2, 0.25) is 0 Å². The summed E-state index contributed by atoms with van der Waals surface area (Å²) in [4.78, 5) is 0.806. The highest BCUT2D eigenvalue weighted by molar-refractivity contribution is 8.59. The van der Waals surface area contributed by atoms with Crippen LogP contribution in [0.4, 0.5) is 0 Å². The van der Waals surface area contributed by atoms with Crippen LogP contribution >= 0.6 is 18.2 Å². The van der Waals surface area contributed by atoms with Crippen LogP contribution in [0.2, 0.25) is 0 Å². The minimum atomic E-state index is -3.47. The topological polar surface area (TPSA) is 44.8 Å². The molecule has 4 nitrogen and oxygen atoms in total. The Morgan fingerprint density at radius 2 is 1.34 bits per heavy atom. The first-order chi connectivity index (χ1) is 17.1. The lowest BCUT2D eigenvalue weighted by Crippen LogP contribution is -2.35. The Morgan fingerprint density at radius 3 is 1.94 bits per heavy atom. The van der Waals surface area contributed by atoms with Gasteiger partial charge in [-0.05, 0) is 48.1 Å². The van der Waals surface area contributed by atoms with Gasteiger partial charge in [-0.3, -0.25) is 0 Å². The van der Waals surface area contributed by atoms with E-state index in [4.69, 9.17) is 13.8 Å². The smallest absolute Gasteiger partial charge is 0.393 e. The average molecular weight is 503 g/mol. The molecule has 0 bridgehead atoms. The predicted octanol–water partition coefficient (Wildman–Crippen LogP) is 8.43. The van der Waals surface area contributed by atoms with Crippen LogP contribution in [0.5, 0.6) is 5.75 Å². The summed E-state index contributed by atoms with van der Waals surface area (Å²) in [7, 11) is 0. The summed E-state index contributed by atoms with van der Waals surface area (Å²) in [6.45, 7) is 0.764. The van der Waals surface area contributed by atoms with Crippen molar-refractivity contribution in [2.45, 2.75) is 19.4 Å². The maximum Gasteiger partial charge on any atom is 0.393 e. The lowest BCUT2D eigenvalue weighted by atomic mass is 9.83. The molecular weight excluding hydrogens is 475 g/mol. The summed E-state index contributed by atoms with van der Waals surface area (Å²) >= 11 is 1.16. The number of hydrogen-bond acceptors (Lipinski definition) is 5. The highest BCUT2D eigenvalue weighted by Gasteiger charge is 2.42. The van der Waals surface area contributed by atoms with Crippen molar-refractivity contribution in [1.29, 1.82) is 0 Å². The van der Waals surface area contributed by atoms with Crippen LogP contribution in [0.1, 0.15) is 30.5 Å². The molecule has 35 heavy (non-hydrogen) atoms. The molecule has 1 heterocycles. The molecule has 0 saturated carbocycles. The van der Waals surface area contributed by atoms with Crippen molar-refractivity contribution in [2.75, 3.05) is 13.2 Å². The minimum Gasteiger partial charge on any atom is -0.473 e. The van der Waals surface area contributed by atoms with Crippen molar-refractivity contribution in [1.82, 2.24) is 0 Å². The van der Waals surface area contributed by atoms with Crippen LogP contribution in [0.25, 0.3) is 15.7 Å². The molecule has 0 fully saturated rings. The van der Waals surface area contributed by atoms with E-state index >= 15 is 0 Å². The molecule has 1 aliphatic rings. The summed E-state index contributed by atoms with van der Waals surface area (Å²) < 4.78 is 32.0. The summed E-state index contributed by atoms with van der Waals surface area (Å²) in [6, 6.07) is 32.4. The van der Waals surface area contributed by atoms with Gasteiger partial charge >= 0.3 is 6.80 Å². The summed E-state index contributed by atoms with van der Waals surface area (Å²) in [5.74, 6) is 0.723. The van der Waals surface area contributed by atoms with Crippen LogP contribution in [-0.2, 0) is 19.2 Å². The van der Waals surface area contributed by atoms with Crippen molar-refractivity contribution in [2.24, 2.45) is 0 Å². The van der Waals surface area contributed by atoms with E-state index < -0.39 is 12.4 Å². The standard InChI is InChI=1S/C29H27O4PS/c1-3-31-34(30,32-4-2)35-27-21-29(23-14-7-5-8-15-23,24-16-9-6-10-17-24)33-26-20-19-22-13-11-12-18-25(22)28(26)27/h5-21H,3-4H2,1-2H3. The molecule has 0 unspecified atom stereocenters. The highest BCUT2D eigenvalue weighted by atomic mass is 32.7. The zero-order valence-corrected chi connectivity index (χ0v) is 21.4. The van der Waals surface area contributed by atoms with E-state index in [1.165, 1.54) is 0 Å². The van der Waals surface area contributed by atoms with Crippen molar-refractivity contribution in [3.63, 3.8) is 0 Å². The van der Waals surface area contributed by atoms with Gasteiger partial charge in [-0.25, -0.2) is 4.57 Å². The maximum atomic E-state index is 13.7. The van der Waals surface area contributed by atoms with E-state index in [1.807, 2.05) is 68.4 Å². The van der Waals surface area contributed by atoms with Gasteiger partial charge in [0.15, 0.2) is 5.60 Å². The molecular formula is C29H27O4PS. The van der Waals surface area contributed by atoms with Gasteiger partial charge in [0, 0.05) is 21.6 Å². The summed E-state index contributed by atoms with van der Waals surface area (Å²) in [5.41, 5.74) is 1.94. The molecule has 0 saturated heterocycles. The van der Waals surface area contributed by atoms with Crippen LogP contribution in [0.3, 0.4) is 0 Å². The number of benzene rings is 4. The molecule has 0 radical (unpaired) electrons. The Hall–Kier alpha value is -2.82. The highest BCUT2D eigenvalue weighted by Crippen LogP contribution is 2.67. The molecule has 6 heteroatoms. The first kappa shape index (κ1) is 23.9. The number of fused-ring (bicyclic) bond motifs is 3.